The minimum Gasteiger partial charge on any atom is -0.493 e. The molecule has 2 saturated heterocycles. The van der Waals surface area contributed by atoms with Gasteiger partial charge in [0.25, 0.3) is 0 Å². The Morgan fingerprint density at radius 1 is 1.28 bits per heavy atom. The van der Waals surface area contributed by atoms with Gasteiger partial charge < -0.3 is 18.9 Å². The summed E-state index contributed by atoms with van der Waals surface area (Å²) >= 11 is 0. The molecule has 0 aromatic heterocycles. The number of hydrogen-bond acceptors (Lipinski definition) is 6. The summed E-state index contributed by atoms with van der Waals surface area (Å²) in [6, 6.07) is 6.23. The first kappa shape index (κ1) is 22.1. The number of rotatable bonds is 7. The van der Waals surface area contributed by atoms with Crippen LogP contribution in [0, 0.1) is 12.8 Å². The molecule has 3 rings (SSSR count). The Kier molecular flexibility index (Phi) is 7.55. The predicted molar refractivity (Wildman–Crippen MR) is 111 cm³/mol. The van der Waals surface area contributed by atoms with Crippen LogP contribution in [0.25, 0.3) is 0 Å². The quantitative estimate of drug-likeness (QED) is 0.647. The monoisotopic (exact) mass is 405 g/mol. The maximum absolute atomic E-state index is 12.0. The molecule has 2 fully saturated rings. The summed E-state index contributed by atoms with van der Waals surface area (Å²) in [6.07, 6.45) is 1.49. The number of ether oxygens (including phenoxy) is 4. The maximum Gasteiger partial charge on any atom is 0.307 e. The van der Waals surface area contributed by atoms with Gasteiger partial charge in [0.2, 0.25) is 0 Å². The van der Waals surface area contributed by atoms with Crippen molar-refractivity contribution in [3.8, 4) is 5.75 Å². The highest BCUT2D eigenvalue weighted by Gasteiger charge is 2.25. The Labute approximate surface area is 174 Å². The van der Waals surface area contributed by atoms with Crippen molar-refractivity contribution in [3.05, 3.63) is 29.3 Å². The molecule has 0 N–H and O–H groups in total. The van der Waals surface area contributed by atoms with Gasteiger partial charge in [-0.2, -0.15) is 0 Å². The van der Waals surface area contributed by atoms with E-state index < -0.39 is 5.60 Å². The fourth-order valence-corrected chi connectivity index (χ4v) is 3.76. The van der Waals surface area contributed by atoms with Crippen LogP contribution in [0.3, 0.4) is 0 Å². The Bertz CT molecular complexity index is 678. The SMILES string of the molecule is Cc1cc(OCC2CCOC2)ccc1C1CN(CCC(=O)OC(C)(C)C)CCO1. The van der Waals surface area contributed by atoms with Crippen molar-refractivity contribution in [1.29, 1.82) is 0 Å². The average Bonchev–Trinajstić information content (AvgIpc) is 3.17. The summed E-state index contributed by atoms with van der Waals surface area (Å²) in [7, 11) is 0. The van der Waals surface area contributed by atoms with E-state index >= 15 is 0 Å². The van der Waals surface area contributed by atoms with Crippen LogP contribution in [-0.4, -0.2) is 62.5 Å². The van der Waals surface area contributed by atoms with E-state index in [1.54, 1.807) is 0 Å². The summed E-state index contributed by atoms with van der Waals surface area (Å²) in [5.41, 5.74) is 1.92. The Balaban J connectivity index is 1.50. The minimum absolute atomic E-state index is 0.0136. The van der Waals surface area contributed by atoms with Crippen molar-refractivity contribution >= 4 is 5.97 Å². The third-order valence-corrected chi connectivity index (χ3v) is 5.30. The molecule has 0 spiro atoms. The van der Waals surface area contributed by atoms with Gasteiger partial charge in [0.05, 0.1) is 32.3 Å². The number of esters is 1. The first-order chi connectivity index (χ1) is 13.8. The second-order valence-corrected chi connectivity index (χ2v) is 9.06. The molecule has 162 valence electrons. The summed E-state index contributed by atoms with van der Waals surface area (Å²) in [5.74, 6) is 1.25. The molecule has 6 nitrogen and oxygen atoms in total. The molecular formula is C23H35NO5. The summed E-state index contributed by atoms with van der Waals surface area (Å²) in [6.45, 7) is 13.1. The summed E-state index contributed by atoms with van der Waals surface area (Å²) in [4.78, 5) is 14.3. The van der Waals surface area contributed by atoms with Crippen molar-refractivity contribution in [2.24, 2.45) is 5.92 Å². The lowest BCUT2D eigenvalue weighted by Crippen LogP contribution is -2.40. The van der Waals surface area contributed by atoms with Crippen LogP contribution in [-0.2, 0) is 19.0 Å². The van der Waals surface area contributed by atoms with E-state index in [1.807, 2.05) is 26.8 Å². The van der Waals surface area contributed by atoms with E-state index in [-0.39, 0.29) is 12.1 Å². The largest absolute Gasteiger partial charge is 0.493 e. The number of morpholine rings is 1. The normalized spacial score (nSPS) is 23.2. The first-order valence-corrected chi connectivity index (χ1v) is 10.7. The highest BCUT2D eigenvalue weighted by Crippen LogP contribution is 2.28. The second-order valence-electron chi connectivity index (χ2n) is 9.06. The fourth-order valence-electron chi connectivity index (χ4n) is 3.76. The molecule has 2 unspecified atom stereocenters. The minimum atomic E-state index is -0.434. The lowest BCUT2D eigenvalue weighted by molar-refractivity contribution is -0.155. The molecule has 2 aliphatic rings. The zero-order valence-electron chi connectivity index (χ0n) is 18.2. The average molecular weight is 406 g/mol. The van der Waals surface area contributed by atoms with Gasteiger partial charge in [0.15, 0.2) is 0 Å². The molecule has 0 aliphatic carbocycles. The first-order valence-electron chi connectivity index (χ1n) is 10.7. The molecule has 2 heterocycles. The zero-order valence-corrected chi connectivity index (χ0v) is 18.2. The third-order valence-electron chi connectivity index (χ3n) is 5.30. The van der Waals surface area contributed by atoms with Crippen LogP contribution in [0.1, 0.15) is 50.8 Å². The maximum atomic E-state index is 12.0. The van der Waals surface area contributed by atoms with Gasteiger partial charge in [-0.05, 0) is 57.4 Å². The number of aryl methyl sites for hydroxylation is 1. The van der Waals surface area contributed by atoms with E-state index in [0.717, 1.165) is 38.5 Å². The van der Waals surface area contributed by atoms with Gasteiger partial charge in [0, 0.05) is 32.2 Å². The second kappa shape index (κ2) is 9.92. The Morgan fingerprint density at radius 3 is 2.79 bits per heavy atom. The highest BCUT2D eigenvalue weighted by atomic mass is 16.6. The van der Waals surface area contributed by atoms with Crippen LogP contribution < -0.4 is 4.74 Å². The number of nitrogens with zero attached hydrogens (tertiary/aromatic N) is 1. The van der Waals surface area contributed by atoms with E-state index in [9.17, 15) is 4.79 Å². The third kappa shape index (κ3) is 6.98. The van der Waals surface area contributed by atoms with Crippen molar-refractivity contribution in [1.82, 2.24) is 4.90 Å². The van der Waals surface area contributed by atoms with Crippen LogP contribution in [0.5, 0.6) is 5.75 Å². The van der Waals surface area contributed by atoms with Gasteiger partial charge in [0.1, 0.15) is 11.4 Å². The van der Waals surface area contributed by atoms with Crippen LogP contribution in [0.15, 0.2) is 18.2 Å². The number of carbonyl (C=O) groups is 1. The molecule has 2 atom stereocenters. The van der Waals surface area contributed by atoms with E-state index in [4.69, 9.17) is 18.9 Å². The van der Waals surface area contributed by atoms with Gasteiger partial charge in [-0.3, -0.25) is 9.69 Å². The van der Waals surface area contributed by atoms with Gasteiger partial charge in [-0.15, -0.1) is 0 Å². The number of benzene rings is 1. The van der Waals surface area contributed by atoms with Gasteiger partial charge in [-0.25, -0.2) is 0 Å². The molecule has 0 amide bonds. The van der Waals surface area contributed by atoms with Crippen molar-refractivity contribution in [2.75, 3.05) is 46.1 Å². The van der Waals surface area contributed by atoms with Gasteiger partial charge in [-0.1, -0.05) is 6.07 Å². The molecule has 0 bridgehead atoms. The molecule has 29 heavy (non-hydrogen) atoms. The lowest BCUT2D eigenvalue weighted by Gasteiger charge is -2.34. The molecule has 1 aromatic rings. The molecular weight excluding hydrogens is 370 g/mol. The van der Waals surface area contributed by atoms with E-state index in [2.05, 4.69) is 24.0 Å². The van der Waals surface area contributed by atoms with Crippen LogP contribution in [0.2, 0.25) is 0 Å². The Hall–Kier alpha value is -1.63. The number of carbonyl (C=O) groups excluding carboxylic acids is 1. The molecule has 0 saturated carbocycles. The topological polar surface area (TPSA) is 57.2 Å². The zero-order chi connectivity index (χ0) is 20.9. The fraction of sp³-hybridized carbons (Fsp3) is 0.696. The van der Waals surface area contributed by atoms with E-state index in [1.165, 1.54) is 11.1 Å². The molecule has 0 radical (unpaired) electrons. The van der Waals surface area contributed by atoms with Crippen LogP contribution in [0.4, 0.5) is 0 Å². The molecule has 1 aromatic carbocycles. The van der Waals surface area contributed by atoms with E-state index in [0.29, 0.717) is 32.1 Å². The predicted octanol–water partition coefficient (Wildman–Crippen LogP) is 3.52. The van der Waals surface area contributed by atoms with Crippen molar-refractivity contribution < 1.29 is 23.7 Å². The lowest BCUT2D eigenvalue weighted by atomic mass is 10.0. The number of hydrogen-bond donors (Lipinski definition) is 0. The smallest absolute Gasteiger partial charge is 0.307 e. The summed E-state index contributed by atoms with van der Waals surface area (Å²) < 4.78 is 22.8. The van der Waals surface area contributed by atoms with Crippen LogP contribution >= 0.6 is 0 Å². The van der Waals surface area contributed by atoms with Crippen molar-refractivity contribution in [2.45, 2.75) is 52.2 Å². The standard InChI is InChI=1S/C23H35NO5/c1-17-13-19(28-16-18-8-11-26-15-18)5-6-20(17)21-14-24(10-12-27-21)9-7-22(25)29-23(2,3)4/h5-6,13,18,21H,7-12,14-16H2,1-4H3. The molecule has 6 heteroatoms. The summed E-state index contributed by atoms with van der Waals surface area (Å²) in [5, 5.41) is 0. The molecule has 2 aliphatic heterocycles. The van der Waals surface area contributed by atoms with Crippen molar-refractivity contribution in [3.63, 3.8) is 0 Å². The van der Waals surface area contributed by atoms with Gasteiger partial charge >= 0.3 is 5.97 Å². The highest BCUT2D eigenvalue weighted by molar-refractivity contribution is 5.70. The Morgan fingerprint density at radius 2 is 2.10 bits per heavy atom.